The maximum absolute atomic E-state index is 12.9. The van der Waals surface area contributed by atoms with Crippen LogP contribution in [0.2, 0.25) is 5.02 Å². The first-order valence-electron chi connectivity index (χ1n) is 6.68. The maximum atomic E-state index is 12.9. The number of ether oxygens (including phenoxy) is 1. The number of hydrogen-bond acceptors (Lipinski definition) is 3. The van der Waals surface area contributed by atoms with Gasteiger partial charge in [0.25, 0.3) is 5.91 Å². The number of rotatable bonds is 4. The number of carbonyl (C=O) groups excluding carboxylic acids is 1. The van der Waals surface area contributed by atoms with Crippen LogP contribution < -0.4 is 4.74 Å². The van der Waals surface area contributed by atoms with Gasteiger partial charge in [0.2, 0.25) is 0 Å². The molecule has 0 bridgehead atoms. The molecule has 1 aliphatic heterocycles. The molecule has 0 atom stereocenters. The molecule has 0 N–H and O–H groups in total. The van der Waals surface area contributed by atoms with Crippen molar-refractivity contribution in [3.05, 3.63) is 29.0 Å². The number of likely N-dealkylation sites (N-methyl/N-ethyl adjacent to an activating group) is 1. The molecule has 0 saturated carbocycles. The lowest BCUT2D eigenvalue weighted by atomic mass is 10.3. The van der Waals surface area contributed by atoms with Gasteiger partial charge in [-0.1, -0.05) is 18.5 Å². The van der Waals surface area contributed by atoms with E-state index in [1.807, 2.05) is 0 Å². The third kappa shape index (κ3) is 3.84. The summed E-state index contributed by atoms with van der Waals surface area (Å²) in [6.45, 7) is 6.25. The Kier molecular flexibility index (Phi) is 5.20. The van der Waals surface area contributed by atoms with Crippen molar-refractivity contribution < 1.29 is 13.9 Å². The lowest BCUT2D eigenvalue weighted by Crippen LogP contribution is -2.49. The van der Waals surface area contributed by atoms with Gasteiger partial charge in [0.1, 0.15) is 11.6 Å². The first-order valence-corrected chi connectivity index (χ1v) is 7.06. The highest BCUT2D eigenvalue weighted by Crippen LogP contribution is 2.24. The summed E-state index contributed by atoms with van der Waals surface area (Å²) in [6.07, 6.45) is 0. The van der Waals surface area contributed by atoms with Crippen LogP contribution in [0.4, 0.5) is 4.39 Å². The smallest absolute Gasteiger partial charge is 0.260 e. The highest BCUT2D eigenvalue weighted by atomic mass is 35.5. The van der Waals surface area contributed by atoms with Gasteiger partial charge < -0.3 is 14.5 Å². The third-order valence-corrected chi connectivity index (χ3v) is 3.71. The Balaban J connectivity index is 1.83. The maximum Gasteiger partial charge on any atom is 0.260 e. The van der Waals surface area contributed by atoms with E-state index in [1.165, 1.54) is 18.2 Å². The second kappa shape index (κ2) is 6.90. The summed E-state index contributed by atoms with van der Waals surface area (Å²) in [5, 5.41) is 0.175. The van der Waals surface area contributed by atoms with Crippen LogP contribution in [0.3, 0.4) is 0 Å². The molecule has 6 heteroatoms. The van der Waals surface area contributed by atoms with Gasteiger partial charge in [-0.2, -0.15) is 0 Å². The predicted molar refractivity (Wildman–Crippen MR) is 75.6 cm³/mol. The summed E-state index contributed by atoms with van der Waals surface area (Å²) in [6, 6.07) is 3.85. The molecule has 0 aliphatic carbocycles. The zero-order valence-electron chi connectivity index (χ0n) is 11.4. The highest BCUT2D eigenvalue weighted by Gasteiger charge is 2.20. The molecule has 1 saturated heterocycles. The SMILES string of the molecule is CCN1CCN(C(=O)COc2ccc(F)cc2Cl)CC1. The van der Waals surface area contributed by atoms with Gasteiger partial charge in [0.05, 0.1) is 5.02 Å². The predicted octanol–water partition coefficient (Wildman–Crippen LogP) is 2.02. The van der Waals surface area contributed by atoms with Crippen LogP contribution in [0.1, 0.15) is 6.92 Å². The quantitative estimate of drug-likeness (QED) is 0.853. The van der Waals surface area contributed by atoms with Crippen LogP contribution in [0.15, 0.2) is 18.2 Å². The van der Waals surface area contributed by atoms with Gasteiger partial charge in [-0.25, -0.2) is 4.39 Å². The van der Waals surface area contributed by atoms with E-state index < -0.39 is 5.82 Å². The van der Waals surface area contributed by atoms with Crippen molar-refractivity contribution in [1.82, 2.24) is 9.80 Å². The largest absolute Gasteiger partial charge is 0.482 e. The minimum Gasteiger partial charge on any atom is -0.482 e. The molecule has 2 rings (SSSR count). The third-order valence-electron chi connectivity index (χ3n) is 3.42. The Hall–Kier alpha value is -1.33. The number of hydrogen-bond donors (Lipinski definition) is 0. The van der Waals surface area contributed by atoms with Crippen molar-refractivity contribution in [2.45, 2.75) is 6.92 Å². The summed E-state index contributed by atoms with van der Waals surface area (Å²) in [5.41, 5.74) is 0. The lowest BCUT2D eigenvalue weighted by molar-refractivity contribution is -0.135. The molecule has 1 heterocycles. The summed E-state index contributed by atoms with van der Waals surface area (Å²) >= 11 is 5.84. The van der Waals surface area contributed by atoms with Crippen molar-refractivity contribution in [3.63, 3.8) is 0 Å². The first kappa shape index (κ1) is 15.1. The first-order chi connectivity index (χ1) is 9.60. The van der Waals surface area contributed by atoms with Gasteiger partial charge in [-0.15, -0.1) is 0 Å². The molecule has 0 spiro atoms. The normalized spacial score (nSPS) is 16.2. The van der Waals surface area contributed by atoms with Crippen LogP contribution >= 0.6 is 11.6 Å². The van der Waals surface area contributed by atoms with E-state index in [4.69, 9.17) is 16.3 Å². The molecule has 20 heavy (non-hydrogen) atoms. The fourth-order valence-electron chi connectivity index (χ4n) is 2.14. The molecule has 0 unspecified atom stereocenters. The number of carbonyl (C=O) groups is 1. The Morgan fingerprint density at radius 2 is 2.05 bits per heavy atom. The molecule has 1 aliphatic rings. The molecule has 1 amide bonds. The van der Waals surface area contributed by atoms with Crippen LogP contribution in [0.25, 0.3) is 0 Å². The van der Waals surface area contributed by atoms with E-state index >= 15 is 0 Å². The monoisotopic (exact) mass is 300 g/mol. The molecule has 1 aromatic rings. The molecule has 1 fully saturated rings. The molecule has 110 valence electrons. The number of amides is 1. The standard InChI is InChI=1S/C14H18ClFN2O2/c1-2-17-5-7-18(8-6-17)14(19)10-20-13-4-3-11(16)9-12(13)15/h3-4,9H,2,5-8,10H2,1H3. The van der Waals surface area contributed by atoms with Crippen molar-refractivity contribution in [3.8, 4) is 5.75 Å². The highest BCUT2D eigenvalue weighted by molar-refractivity contribution is 6.32. The van der Waals surface area contributed by atoms with Crippen LogP contribution in [0.5, 0.6) is 5.75 Å². The fraction of sp³-hybridized carbons (Fsp3) is 0.500. The average Bonchev–Trinajstić information content (AvgIpc) is 2.46. The Labute approximate surface area is 123 Å². The number of nitrogens with zero attached hydrogens (tertiary/aromatic N) is 2. The van der Waals surface area contributed by atoms with E-state index in [-0.39, 0.29) is 17.5 Å². The van der Waals surface area contributed by atoms with Gasteiger partial charge in [0.15, 0.2) is 6.61 Å². The fourth-order valence-corrected chi connectivity index (χ4v) is 2.36. The van der Waals surface area contributed by atoms with Crippen LogP contribution in [-0.2, 0) is 4.79 Å². The van der Waals surface area contributed by atoms with Crippen molar-refractivity contribution in [2.75, 3.05) is 39.3 Å². The van der Waals surface area contributed by atoms with E-state index in [2.05, 4.69) is 11.8 Å². The Morgan fingerprint density at radius 1 is 1.35 bits per heavy atom. The van der Waals surface area contributed by atoms with Crippen LogP contribution in [0, 0.1) is 5.82 Å². The van der Waals surface area contributed by atoms with E-state index in [0.717, 1.165) is 19.6 Å². The minimum atomic E-state index is -0.427. The van der Waals surface area contributed by atoms with Crippen molar-refractivity contribution in [1.29, 1.82) is 0 Å². The van der Waals surface area contributed by atoms with Crippen LogP contribution in [-0.4, -0.2) is 55.0 Å². The van der Waals surface area contributed by atoms with Gasteiger partial charge >= 0.3 is 0 Å². The van der Waals surface area contributed by atoms with Gasteiger partial charge in [-0.05, 0) is 24.7 Å². The minimum absolute atomic E-state index is 0.0684. The number of piperazine rings is 1. The zero-order chi connectivity index (χ0) is 14.5. The summed E-state index contributed by atoms with van der Waals surface area (Å²) in [5.74, 6) is -0.167. The molecular weight excluding hydrogens is 283 g/mol. The van der Waals surface area contributed by atoms with E-state index in [9.17, 15) is 9.18 Å². The molecule has 1 aromatic carbocycles. The zero-order valence-corrected chi connectivity index (χ0v) is 12.2. The number of halogens is 2. The Morgan fingerprint density at radius 3 is 2.65 bits per heavy atom. The molecular formula is C14H18ClFN2O2. The van der Waals surface area contributed by atoms with Crippen molar-refractivity contribution >= 4 is 17.5 Å². The molecule has 0 radical (unpaired) electrons. The average molecular weight is 301 g/mol. The summed E-state index contributed by atoms with van der Waals surface area (Å²) in [7, 11) is 0. The van der Waals surface area contributed by atoms with E-state index in [1.54, 1.807) is 4.90 Å². The number of benzene rings is 1. The molecule has 4 nitrogen and oxygen atoms in total. The van der Waals surface area contributed by atoms with E-state index in [0.29, 0.717) is 18.8 Å². The Bertz CT molecular complexity index is 476. The second-order valence-electron chi connectivity index (χ2n) is 4.68. The topological polar surface area (TPSA) is 32.8 Å². The van der Waals surface area contributed by atoms with Gasteiger partial charge in [0, 0.05) is 26.2 Å². The molecule has 0 aromatic heterocycles. The summed E-state index contributed by atoms with van der Waals surface area (Å²) in [4.78, 5) is 16.1. The van der Waals surface area contributed by atoms with Gasteiger partial charge in [-0.3, -0.25) is 4.79 Å². The van der Waals surface area contributed by atoms with Crippen molar-refractivity contribution in [2.24, 2.45) is 0 Å². The lowest BCUT2D eigenvalue weighted by Gasteiger charge is -2.33. The second-order valence-corrected chi connectivity index (χ2v) is 5.09. The summed E-state index contributed by atoms with van der Waals surface area (Å²) < 4.78 is 18.2.